The molecule has 1 aliphatic rings. The number of nitrogens with zero attached hydrogens (tertiary/aromatic N) is 1. The van der Waals surface area contributed by atoms with Crippen LogP contribution in [0.1, 0.15) is 31.4 Å². The minimum Gasteiger partial charge on any atom is -0.374 e. The smallest absolute Gasteiger partial charge is 0.191 e. The molecule has 1 heterocycles. The molecule has 4 nitrogen and oxygen atoms in total. The van der Waals surface area contributed by atoms with Crippen molar-refractivity contribution in [3.63, 3.8) is 0 Å². The maximum absolute atomic E-state index is 5.82. The van der Waals surface area contributed by atoms with Gasteiger partial charge >= 0.3 is 0 Å². The van der Waals surface area contributed by atoms with Crippen molar-refractivity contribution in [1.29, 1.82) is 0 Å². The highest BCUT2D eigenvalue weighted by Crippen LogP contribution is 2.15. The summed E-state index contributed by atoms with van der Waals surface area (Å²) in [4.78, 5) is 4.36. The van der Waals surface area contributed by atoms with Crippen molar-refractivity contribution in [3.8, 4) is 0 Å². The Morgan fingerprint density at radius 3 is 2.85 bits per heavy atom. The number of hydrogen-bond acceptors (Lipinski definition) is 4. The summed E-state index contributed by atoms with van der Waals surface area (Å²) >= 11 is 0. The summed E-state index contributed by atoms with van der Waals surface area (Å²) in [6.07, 6.45) is 2.27. The van der Waals surface area contributed by atoms with Gasteiger partial charge in [0.1, 0.15) is 0 Å². The zero-order valence-corrected chi connectivity index (χ0v) is 14.3. The van der Waals surface area contributed by atoms with Gasteiger partial charge in [-0.15, -0.1) is 24.0 Å². The first-order valence-electron chi connectivity index (χ1n) is 7.05. The highest BCUT2D eigenvalue weighted by Gasteiger charge is 2.05. The Bertz CT molecular complexity index is 397. The molecule has 0 spiro atoms. The van der Waals surface area contributed by atoms with Gasteiger partial charge in [-0.1, -0.05) is 30.3 Å². The molecule has 1 aliphatic heterocycles. The van der Waals surface area contributed by atoms with Crippen LogP contribution in [-0.4, -0.2) is 32.2 Å². The van der Waals surface area contributed by atoms with Crippen molar-refractivity contribution in [2.75, 3.05) is 26.2 Å². The second-order valence-corrected chi connectivity index (χ2v) is 4.71. The van der Waals surface area contributed by atoms with E-state index >= 15 is 0 Å². The SMILES string of the molecule is CC(OCCCNC1=NCCCN1)c1ccccc1.I. The lowest BCUT2D eigenvalue weighted by Crippen LogP contribution is -2.41. The maximum atomic E-state index is 5.82. The molecular weight excluding hydrogens is 365 g/mol. The van der Waals surface area contributed by atoms with Crippen molar-refractivity contribution in [2.24, 2.45) is 4.99 Å². The first-order chi connectivity index (χ1) is 9.36. The lowest BCUT2D eigenvalue weighted by atomic mass is 10.1. The Labute approximate surface area is 138 Å². The first kappa shape index (κ1) is 17.2. The average Bonchev–Trinajstić information content (AvgIpc) is 2.49. The van der Waals surface area contributed by atoms with E-state index in [1.807, 2.05) is 18.2 Å². The molecule has 0 amide bonds. The predicted octanol–water partition coefficient (Wildman–Crippen LogP) is 2.71. The molecule has 112 valence electrons. The Balaban J connectivity index is 0.00000200. The molecule has 0 aliphatic carbocycles. The van der Waals surface area contributed by atoms with Crippen LogP contribution in [0, 0.1) is 0 Å². The zero-order valence-electron chi connectivity index (χ0n) is 12.0. The van der Waals surface area contributed by atoms with E-state index in [9.17, 15) is 0 Å². The van der Waals surface area contributed by atoms with Crippen LogP contribution < -0.4 is 10.6 Å². The fourth-order valence-electron chi connectivity index (χ4n) is 2.01. The van der Waals surface area contributed by atoms with Gasteiger partial charge in [0.15, 0.2) is 5.96 Å². The third-order valence-corrected chi connectivity index (χ3v) is 3.15. The van der Waals surface area contributed by atoms with Gasteiger partial charge in [-0.2, -0.15) is 0 Å². The fraction of sp³-hybridized carbons (Fsp3) is 0.533. The Kier molecular flexibility index (Phi) is 8.60. The standard InChI is InChI=1S/C15H23N3O.HI/c1-13(14-7-3-2-4-8-14)19-12-6-11-18-15-16-9-5-10-17-15;/h2-4,7-8,13H,5-6,9-12H2,1H3,(H2,16,17,18);1H. The molecule has 2 N–H and O–H groups in total. The highest BCUT2D eigenvalue weighted by atomic mass is 127. The molecule has 1 atom stereocenters. The number of rotatable bonds is 6. The monoisotopic (exact) mass is 389 g/mol. The fourth-order valence-corrected chi connectivity index (χ4v) is 2.01. The largest absolute Gasteiger partial charge is 0.374 e. The van der Waals surface area contributed by atoms with E-state index in [-0.39, 0.29) is 30.1 Å². The molecule has 0 bridgehead atoms. The van der Waals surface area contributed by atoms with Gasteiger partial charge < -0.3 is 15.4 Å². The summed E-state index contributed by atoms with van der Waals surface area (Å²) in [5.41, 5.74) is 1.23. The number of nitrogens with one attached hydrogen (secondary N) is 2. The molecular formula is C15H24IN3O. The number of benzene rings is 1. The summed E-state index contributed by atoms with van der Waals surface area (Å²) in [5, 5.41) is 6.54. The van der Waals surface area contributed by atoms with Crippen molar-refractivity contribution in [2.45, 2.75) is 25.9 Å². The molecule has 0 radical (unpaired) electrons. The van der Waals surface area contributed by atoms with Crippen LogP contribution >= 0.6 is 24.0 Å². The second-order valence-electron chi connectivity index (χ2n) is 4.71. The van der Waals surface area contributed by atoms with E-state index in [0.717, 1.165) is 45.0 Å². The second kappa shape index (κ2) is 9.99. The lowest BCUT2D eigenvalue weighted by Gasteiger charge is -2.17. The quantitative estimate of drug-likeness (QED) is 0.581. The molecule has 0 saturated heterocycles. The van der Waals surface area contributed by atoms with Gasteiger partial charge in [0.25, 0.3) is 0 Å². The third-order valence-electron chi connectivity index (χ3n) is 3.15. The van der Waals surface area contributed by atoms with Crippen LogP contribution in [0.2, 0.25) is 0 Å². The van der Waals surface area contributed by atoms with E-state index in [1.54, 1.807) is 0 Å². The normalized spacial score (nSPS) is 15.6. The number of hydrogen-bond donors (Lipinski definition) is 2. The molecule has 0 saturated carbocycles. The summed E-state index contributed by atoms with van der Waals surface area (Å²) in [5.74, 6) is 0.933. The van der Waals surface area contributed by atoms with Gasteiger partial charge in [0.05, 0.1) is 6.10 Å². The number of aliphatic imine (C=N–C) groups is 1. The van der Waals surface area contributed by atoms with Crippen LogP contribution in [0.15, 0.2) is 35.3 Å². The summed E-state index contributed by atoms with van der Waals surface area (Å²) in [6.45, 7) is 5.70. The van der Waals surface area contributed by atoms with E-state index in [1.165, 1.54) is 5.56 Å². The van der Waals surface area contributed by atoms with Crippen LogP contribution in [0.4, 0.5) is 0 Å². The number of halogens is 1. The topological polar surface area (TPSA) is 45.6 Å². The first-order valence-corrected chi connectivity index (χ1v) is 7.05. The van der Waals surface area contributed by atoms with Gasteiger partial charge in [-0.05, 0) is 25.3 Å². The third kappa shape index (κ3) is 6.09. The Morgan fingerprint density at radius 1 is 1.35 bits per heavy atom. The van der Waals surface area contributed by atoms with Gasteiger partial charge in [-0.3, -0.25) is 4.99 Å². The number of guanidine groups is 1. The minimum atomic E-state index is 0. The van der Waals surface area contributed by atoms with Gasteiger partial charge in [0, 0.05) is 26.2 Å². The molecule has 1 aromatic rings. The highest BCUT2D eigenvalue weighted by molar-refractivity contribution is 14.0. The van der Waals surface area contributed by atoms with Crippen molar-refractivity contribution < 1.29 is 4.74 Å². The van der Waals surface area contributed by atoms with E-state index in [4.69, 9.17) is 4.74 Å². The average molecular weight is 389 g/mol. The Hall–Kier alpha value is -0.820. The van der Waals surface area contributed by atoms with Crippen LogP contribution in [-0.2, 0) is 4.74 Å². The summed E-state index contributed by atoms with van der Waals surface area (Å²) in [6, 6.07) is 10.3. The van der Waals surface area contributed by atoms with Crippen molar-refractivity contribution in [1.82, 2.24) is 10.6 Å². The van der Waals surface area contributed by atoms with E-state index < -0.39 is 0 Å². The molecule has 20 heavy (non-hydrogen) atoms. The molecule has 5 heteroatoms. The van der Waals surface area contributed by atoms with Crippen LogP contribution in [0.25, 0.3) is 0 Å². The molecule has 2 rings (SSSR count). The van der Waals surface area contributed by atoms with Crippen LogP contribution in [0.3, 0.4) is 0 Å². The molecule has 0 aromatic heterocycles. The van der Waals surface area contributed by atoms with Crippen LogP contribution in [0.5, 0.6) is 0 Å². The lowest BCUT2D eigenvalue weighted by molar-refractivity contribution is 0.0646. The summed E-state index contributed by atoms with van der Waals surface area (Å²) < 4.78 is 5.82. The van der Waals surface area contributed by atoms with E-state index in [0.29, 0.717) is 0 Å². The van der Waals surface area contributed by atoms with Crippen molar-refractivity contribution >= 4 is 29.9 Å². The number of ether oxygens (including phenoxy) is 1. The predicted molar refractivity (Wildman–Crippen MR) is 93.8 cm³/mol. The van der Waals surface area contributed by atoms with Gasteiger partial charge in [-0.25, -0.2) is 0 Å². The molecule has 1 unspecified atom stereocenters. The van der Waals surface area contributed by atoms with Crippen molar-refractivity contribution in [3.05, 3.63) is 35.9 Å². The molecule has 1 aromatic carbocycles. The summed E-state index contributed by atoms with van der Waals surface area (Å²) in [7, 11) is 0. The molecule has 0 fully saturated rings. The minimum absolute atomic E-state index is 0. The maximum Gasteiger partial charge on any atom is 0.191 e. The zero-order chi connectivity index (χ0) is 13.3. The Morgan fingerprint density at radius 2 is 2.15 bits per heavy atom. The van der Waals surface area contributed by atoms with E-state index in [2.05, 4.69) is 34.7 Å². The van der Waals surface area contributed by atoms with Gasteiger partial charge in [0.2, 0.25) is 0 Å².